The van der Waals surface area contributed by atoms with Crippen molar-refractivity contribution in [3.63, 3.8) is 0 Å². The van der Waals surface area contributed by atoms with Crippen molar-refractivity contribution in [3.8, 4) is 0 Å². The van der Waals surface area contributed by atoms with Crippen LogP contribution in [-0.2, 0) is 0 Å². The summed E-state index contributed by atoms with van der Waals surface area (Å²) in [5, 5.41) is 0. The van der Waals surface area contributed by atoms with Crippen molar-refractivity contribution in [2.45, 2.75) is 46.6 Å². The molecule has 0 radical (unpaired) electrons. The van der Waals surface area contributed by atoms with Gasteiger partial charge in [0.15, 0.2) is 0 Å². The maximum Gasteiger partial charge on any atom is 0.0222 e. The van der Waals surface area contributed by atoms with Crippen LogP contribution in [0.4, 0.5) is 0 Å². The molecule has 0 saturated carbocycles. The van der Waals surface area contributed by atoms with Crippen LogP contribution in [0.5, 0.6) is 0 Å². The number of hydrogen-bond donors (Lipinski definition) is 1. The largest absolute Gasteiger partial charge is 0.324 e. The van der Waals surface area contributed by atoms with E-state index in [-0.39, 0.29) is 6.04 Å². The zero-order valence-corrected chi connectivity index (χ0v) is 8.22. The van der Waals surface area contributed by atoms with Gasteiger partial charge in [-0.25, -0.2) is 0 Å². The number of rotatable bonds is 4. The van der Waals surface area contributed by atoms with Crippen molar-refractivity contribution in [2.24, 2.45) is 11.7 Å². The highest BCUT2D eigenvalue weighted by Gasteiger charge is 2.00. The quantitative estimate of drug-likeness (QED) is 0.621. The molecule has 0 aromatic carbocycles. The van der Waals surface area contributed by atoms with Crippen LogP contribution >= 0.6 is 0 Å². The van der Waals surface area contributed by atoms with E-state index in [1.54, 1.807) is 0 Å². The van der Waals surface area contributed by atoms with Gasteiger partial charge in [0, 0.05) is 6.04 Å². The van der Waals surface area contributed by atoms with E-state index in [0.717, 1.165) is 0 Å². The van der Waals surface area contributed by atoms with Crippen LogP contribution in [0, 0.1) is 5.92 Å². The third-order valence-electron chi connectivity index (χ3n) is 2.01. The number of nitrogens with two attached hydrogens (primary N) is 1. The highest BCUT2D eigenvalue weighted by Crippen LogP contribution is 2.10. The topological polar surface area (TPSA) is 26.0 Å². The van der Waals surface area contributed by atoms with Gasteiger partial charge >= 0.3 is 0 Å². The van der Waals surface area contributed by atoms with Crippen LogP contribution in [0.1, 0.15) is 40.5 Å². The van der Waals surface area contributed by atoms with Crippen LogP contribution in [0.15, 0.2) is 11.6 Å². The lowest BCUT2D eigenvalue weighted by molar-refractivity contribution is 0.624. The lowest BCUT2D eigenvalue weighted by Gasteiger charge is -2.09. The van der Waals surface area contributed by atoms with E-state index in [2.05, 4.69) is 26.8 Å². The Hall–Kier alpha value is -0.300. The van der Waals surface area contributed by atoms with Gasteiger partial charge < -0.3 is 5.73 Å². The van der Waals surface area contributed by atoms with Gasteiger partial charge in [-0.15, -0.1) is 0 Å². The third-order valence-corrected chi connectivity index (χ3v) is 2.01. The fraction of sp³-hybridized carbons (Fsp3) is 0.800. The van der Waals surface area contributed by atoms with Gasteiger partial charge in [-0.05, 0) is 26.2 Å². The van der Waals surface area contributed by atoms with Gasteiger partial charge in [-0.2, -0.15) is 0 Å². The summed E-state index contributed by atoms with van der Waals surface area (Å²) in [7, 11) is 0. The number of hydrogen-bond acceptors (Lipinski definition) is 1. The SMILES string of the molecule is CCCC(C)/C=C(/C)C(C)N. The molecule has 0 amide bonds. The molecule has 66 valence electrons. The minimum Gasteiger partial charge on any atom is -0.324 e. The summed E-state index contributed by atoms with van der Waals surface area (Å²) in [5.74, 6) is 0.686. The van der Waals surface area contributed by atoms with Crippen molar-refractivity contribution in [3.05, 3.63) is 11.6 Å². The van der Waals surface area contributed by atoms with Crippen molar-refractivity contribution in [2.75, 3.05) is 0 Å². The molecule has 0 aliphatic rings. The van der Waals surface area contributed by atoms with E-state index in [9.17, 15) is 0 Å². The summed E-state index contributed by atoms with van der Waals surface area (Å²) in [5.41, 5.74) is 7.02. The van der Waals surface area contributed by atoms with Gasteiger partial charge in [-0.3, -0.25) is 0 Å². The summed E-state index contributed by atoms with van der Waals surface area (Å²) in [4.78, 5) is 0. The summed E-state index contributed by atoms with van der Waals surface area (Å²) in [6.07, 6.45) is 4.81. The van der Waals surface area contributed by atoms with Gasteiger partial charge in [0.2, 0.25) is 0 Å². The Labute approximate surface area is 70.7 Å². The van der Waals surface area contributed by atoms with Gasteiger partial charge in [-0.1, -0.05) is 31.9 Å². The molecular weight excluding hydrogens is 134 g/mol. The van der Waals surface area contributed by atoms with E-state index in [1.807, 2.05) is 6.92 Å². The average molecular weight is 155 g/mol. The standard InChI is InChI=1S/C10H21N/c1-5-6-8(2)7-9(3)10(4)11/h7-8,10H,5-6,11H2,1-4H3/b9-7-. The zero-order valence-electron chi connectivity index (χ0n) is 8.22. The molecule has 0 aromatic rings. The average Bonchev–Trinajstić information content (AvgIpc) is 1.87. The van der Waals surface area contributed by atoms with E-state index >= 15 is 0 Å². The molecule has 0 aliphatic heterocycles. The highest BCUT2D eigenvalue weighted by atomic mass is 14.6. The predicted molar refractivity (Wildman–Crippen MR) is 51.5 cm³/mol. The smallest absolute Gasteiger partial charge is 0.0222 e. The molecule has 0 saturated heterocycles. The first kappa shape index (κ1) is 10.7. The first-order chi connectivity index (χ1) is 5.07. The summed E-state index contributed by atoms with van der Waals surface area (Å²) in [6, 6.07) is 0.217. The molecule has 2 unspecified atom stereocenters. The van der Waals surface area contributed by atoms with Gasteiger partial charge in [0.25, 0.3) is 0 Å². The molecule has 0 bridgehead atoms. The van der Waals surface area contributed by atoms with Crippen LogP contribution in [-0.4, -0.2) is 6.04 Å². The van der Waals surface area contributed by atoms with Crippen LogP contribution in [0.25, 0.3) is 0 Å². The van der Waals surface area contributed by atoms with E-state index in [4.69, 9.17) is 5.73 Å². The molecule has 0 aromatic heterocycles. The third kappa shape index (κ3) is 5.02. The molecular formula is C10H21N. The molecule has 1 nitrogen and oxygen atoms in total. The van der Waals surface area contributed by atoms with Crippen molar-refractivity contribution in [1.82, 2.24) is 0 Å². The lowest BCUT2D eigenvalue weighted by atomic mass is 10.0. The second kappa shape index (κ2) is 5.36. The predicted octanol–water partition coefficient (Wildman–Crippen LogP) is 2.72. The van der Waals surface area contributed by atoms with Gasteiger partial charge in [0.1, 0.15) is 0 Å². The fourth-order valence-corrected chi connectivity index (χ4v) is 1.14. The van der Waals surface area contributed by atoms with E-state index in [1.165, 1.54) is 18.4 Å². The first-order valence-electron chi connectivity index (χ1n) is 4.51. The molecule has 0 spiro atoms. The monoisotopic (exact) mass is 155 g/mol. The molecule has 0 aliphatic carbocycles. The second-order valence-electron chi connectivity index (χ2n) is 3.47. The van der Waals surface area contributed by atoms with Crippen LogP contribution in [0.3, 0.4) is 0 Å². The minimum absolute atomic E-state index is 0.217. The van der Waals surface area contributed by atoms with E-state index < -0.39 is 0 Å². The molecule has 11 heavy (non-hydrogen) atoms. The van der Waals surface area contributed by atoms with Crippen LogP contribution < -0.4 is 5.73 Å². The fourth-order valence-electron chi connectivity index (χ4n) is 1.14. The lowest BCUT2D eigenvalue weighted by Crippen LogP contribution is -2.16. The first-order valence-corrected chi connectivity index (χ1v) is 4.51. The Bertz CT molecular complexity index is 125. The Morgan fingerprint density at radius 3 is 2.36 bits per heavy atom. The summed E-state index contributed by atoms with van der Waals surface area (Å²) in [6.45, 7) is 8.60. The molecule has 0 fully saturated rings. The Balaban J connectivity index is 3.86. The minimum atomic E-state index is 0.217. The van der Waals surface area contributed by atoms with Gasteiger partial charge in [0.05, 0.1) is 0 Å². The number of allylic oxidation sites excluding steroid dienone is 1. The second-order valence-corrected chi connectivity index (χ2v) is 3.47. The maximum absolute atomic E-state index is 5.71. The molecule has 0 heterocycles. The van der Waals surface area contributed by atoms with Crippen molar-refractivity contribution >= 4 is 0 Å². The summed E-state index contributed by atoms with van der Waals surface area (Å²) < 4.78 is 0. The molecule has 0 rings (SSSR count). The molecule has 1 heteroatoms. The normalized spacial score (nSPS) is 18.1. The van der Waals surface area contributed by atoms with Crippen LogP contribution in [0.2, 0.25) is 0 Å². The Kier molecular flexibility index (Phi) is 5.22. The molecule has 2 N–H and O–H groups in total. The zero-order chi connectivity index (χ0) is 8.85. The highest BCUT2D eigenvalue weighted by molar-refractivity contribution is 5.06. The summed E-state index contributed by atoms with van der Waals surface area (Å²) >= 11 is 0. The Morgan fingerprint density at radius 2 is 2.00 bits per heavy atom. The van der Waals surface area contributed by atoms with E-state index in [0.29, 0.717) is 5.92 Å². The Morgan fingerprint density at radius 1 is 1.45 bits per heavy atom. The maximum atomic E-state index is 5.71. The van der Waals surface area contributed by atoms with Crippen molar-refractivity contribution < 1.29 is 0 Å². The van der Waals surface area contributed by atoms with Crippen molar-refractivity contribution in [1.29, 1.82) is 0 Å². The molecule has 2 atom stereocenters.